The summed E-state index contributed by atoms with van der Waals surface area (Å²) in [7, 11) is 0. The number of esters is 1. The summed E-state index contributed by atoms with van der Waals surface area (Å²) < 4.78 is 16.7. The van der Waals surface area contributed by atoms with Gasteiger partial charge in [0.2, 0.25) is 0 Å². The van der Waals surface area contributed by atoms with Crippen molar-refractivity contribution in [1.29, 1.82) is 0 Å². The van der Waals surface area contributed by atoms with Crippen LogP contribution in [-0.4, -0.2) is 47.9 Å². The van der Waals surface area contributed by atoms with Gasteiger partial charge >= 0.3 is 5.97 Å². The highest BCUT2D eigenvalue weighted by atomic mass is 32.2. The van der Waals surface area contributed by atoms with E-state index < -0.39 is 23.7 Å². The minimum atomic E-state index is -0.606. The van der Waals surface area contributed by atoms with Gasteiger partial charge in [0.25, 0.3) is 11.1 Å². The Balaban J connectivity index is 2.31. The molecule has 8 heteroatoms. The third-order valence-corrected chi connectivity index (χ3v) is 5.38. The molecule has 0 aliphatic carbocycles. The largest absolute Gasteiger partial charge is 0.490 e. The van der Waals surface area contributed by atoms with Gasteiger partial charge in [0.1, 0.15) is 6.54 Å². The molecule has 0 bridgehead atoms. The Morgan fingerprint density at radius 3 is 2.52 bits per heavy atom. The minimum Gasteiger partial charge on any atom is -0.490 e. The lowest BCUT2D eigenvalue weighted by atomic mass is 10.0. The molecule has 1 fully saturated rings. The van der Waals surface area contributed by atoms with E-state index in [0.29, 0.717) is 43.1 Å². The van der Waals surface area contributed by atoms with Crippen LogP contribution in [0.2, 0.25) is 0 Å². The lowest BCUT2D eigenvalue weighted by molar-refractivity contribution is -0.150. The number of benzene rings is 1. The molecular weight excluding hydrogens is 418 g/mol. The summed E-state index contributed by atoms with van der Waals surface area (Å²) in [5, 5.41) is -0.500. The molecule has 0 radical (unpaired) electrons. The molecule has 0 unspecified atom stereocenters. The molecule has 2 amide bonds. The van der Waals surface area contributed by atoms with Crippen molar-refractivity contribution in [3.8, 4) is 11.5 Å². The van der Waals surface area contributed by atoms with Crippen LogP contribution in [0.25, 0.3) is 6.08 Å². The molecule has 1 saturated heterocycles. The fourth-order valence-electron chi connectivity index (χ4n) is 2.91. The highest BCUT2D eigenvalue weighted by Crippen LogP contribution is 2.37. The molecule has 1 aromatic carbocycles. The van der Waals surface area contributed by atoms with Crippen LogP contribution in [-0.2, 0) is 20.7 Å². The van der Waals surface area contributed by atoms with E-state index in [1.54, 1.807) is 25.1 Å². The van der Waals surface area contributed by atoms with Gasteiger partial charge in [0.15, 0.2) is 11.5 Å². The smallest absolute Gasteiger partial charge is 0.326 e. The van der Waals surface area contributed by atoms with Crippen LogP contribution in [0.15, 0.2) is 29.7 Å². The number of ether oxygens (including phenoxy) is 3. The summed E-state index contributed by atoms with van der Waals surface area (Å²) >= 11 is 0.795. The molecule has 1 heterocycles. The highest BCUT2D eigenvalue weighted by Gasteiger charge is 2.37. The van der Waals surface area contributed by atoms with E-state index in [1.807, 2.05) is 26.8 Å². The first kappa shape index (κ1) is 24.5. The molecule has 2 rings (SSSR count). The van der Waals surface area contributed by atoms with Gasteiger partial charge in [-0.3, -0.25) is 19.3 Å². The number of hydrogen-bond donors (Lipinski definition) is 0. The van der Waals surface area contributed by atoms with E-state index in [4.69, 9.17) is 14.2 Å². The molecular formula is C23H29NO6S. The first-order valence-corrected chi connectivity index (χ1v) is 11.1. The first-order valence-electron chi connectivity index (χ1n) is 10.3. The quantitative estimate of drug-likeness (QED) is 0.279. The zero-order valence-electron chi connectivity index (χ0n) is 18.4. The summed E-state index contributed by atoms with van der Waals surface area (Å²) in [5.74, 6) is 0.0766. The Morgan fingerprint density at radius 2 is 1.90 bits per heavy atom. The van der Waals surface area contributed by atoms with Gasteiger partial charge in [-0.05, 0) is 69.1 Å². The van der Waals surface area contributed by atoms with Crippen molar-refractivity contribution in [2.75, 3.05) is 19.8 Å². The summed E-state index contributed by atoms with van der Waals surface area (Å²) in [4.78, 5) is 38.2. The summed E-state index contributed by atoms with van der Waals surface area (Å²) in [5.41, 5.74) is 1.56. The number of imide groups is 1. The number of carbonyl (C=O) groups excluding carboxylic acids is 3. The molecule has 1 atom stereocenters. The van der Waals surface area contributed by atoms with Gasteiger partial charge in [-0.25, -0.2) is 0 Å². The number of rotatable bonds is 11. The van der Waals surface area contributed by atoms with E-state index in [1.165, 1.54) is 0 Å². The van der Waals surface area contributed by atoms with Crippen LogP contribution in [0.4, 0.5) is 4.79 Å². The van der Waals surface area contributed by atoms with Crippen LogP contribution >= 0.6 is 11.8 Å². The van der Waals surface area contributed by atoms with Crippen LogP contribution in [0, 0.1) is 0 Å². The third-order valence-electron chi connectivity index (χ3n) is 4.47. The summed E-state index contributed by atoms with van der Waals surface area (Å²) in [6, 6.07) is 3.65. The van der Waals surface area contributed by atoms with Crippen LogP contribution in [0.5, 0.6) is 11.5 Å². The molecule has 0 N–H and O–H groups in total. The van der Waals surface area contributed by atoms with Crippen molar-refractivity contribution in [1.82, 2.24) is 4.90 Å². The molecule has 0 saturated carbocycles. The van der Waals surface area contributed by atoms with Crippen molar-refractivity contribution in [3.63, 3.8) is 0 Å². The van der Waals surface area contributed by atoms with Crippen molar-refractivity contribution in [2.45, 2.75) is 46.6 Å². The second kappa shape index (κ2) is 11.6. The predicted octanol–water partition coefficient (Wildman–Crippen LogP) is 4.59. The standard InChI is InChI=1S/C23H29NO6S/c1-6-10-17-11-16(12-18(28-8-3)21(17)29-9-4)13-19-22(26)24(23(27)31-19)14-20(25)30-15(5)7-2/h6,11-13,15H,1,7-10,14H2,2-5H3/b19-13+/t15-/m1/s1. The van der Waals surface area contributed by atoms with Crippen LogP contribution < -0.4 is 9.47 Å². The maximum Gasteiger partial charge on any atom is 0.326 e. The first-order chi connectivity index (χ1) is 14.8. The molecule has 31 heavy (non-hydrogen) atoms. The SMILES string of the molecule is C=CCc1cc(/C=C2/SC(=O)N(CC(=O)O[C@H](C)CC)C2=O)cc(OCC)c1OCC. The Labute approximate surface area is 187 Å². The summed E-state index contributed by atoms with van der Waals surface area (Å²) in [6.07, 6.45) is 4.32. The number of allylic oxidation sites excluding steroid dienone is 1. The van der Waals surface area contributed by atoms with Crippen molar-refractivity contribution in [2.24, 2.45) is 0 Å². The minimum absolute atomic E-state index is 0.234. The normalized spacial score (nSPS) is 15.9. The van der Waals surface area contributed by atoms with Gasteiger partial charge in [0, 0.05) is 5.56 Å². The molecule has 168 valence electrons. The Morgan fingerprint density at radius 1 is 1.19 bits per heavy atom. The number of amides is 2. The third kappa shape index (κ3) is 6.37. The van der Waals surface area contributed by atoms with E-state index in [0.717, 1.165) is 22.2 Å². The number of carbonyl (C=O) groups is 3. The molecule has 1 aliphatic rings. The average molecular weight is 448 g/mol. The topological polar surface area (TPSA) is 82.1 Å². The fourth-order valence-corrected chi connectivity index (χ4v) is 3.74. The van der Waals surface area contributed by atoms with Crippen molar-refractivity contribution in [3.05, 3.63) is 40.8 Å². The molecule has 1 aromatic rings. The average Bonchev–Trinajstić information content (AvgIpc) is 2.98. The molecule has 7 nitrogen and oxygen atoms in total. The second-order valence-corrected chi connectivity index (χ2v) is 7.84. The molecule has 0 aromatic heterocycles. The predicted molar refractivity (Wildman–Crippen MR) is 121 cm³/mol. The number of nitrogens with zero attached hydrogens (tertiary/aromatic N) is 1. The fraction of sp³-hybridized carbons (Fsp3) is 0.435. The maximum absolute atomic E-state index is 12.7. The van der Waals surface area contributed by atoms with Gasteiger partial charge in [-0.2, -0.15) is 0 Å². The monoisotopic (exact) mass is 447 g/mol. The lowest BCUT2D eigenvalue weighted by Gasteiger charge is -2.16. The van der Waals surface area contributed by atoms with Gasteiger partial charge in [0.05, 0.1) is 24.2 Å². The number of hydrogen-bond acceptors (Lipinski definition) is 7. The van der Waals surface area contributed by atoms with Gasteiger partial charge < -0.3 is 14.2 Å². The van der Waals surface area contributed by atoms with E-state index in [-0.39, 0.29) is 11.0 Å². The van der Waals surface area contributed by atoms with Crippen LogP contribution in [0.3, 0.4) is 0 Å². The Kier molecular flexibility index (Phi) is 9.18. The summed E-state index contributed by atoms with van der Waals surface area (Å²) in [6.45, 7) is 11.7. The van der Waals surface area contributed by atoms with Crippen molar-refractivity contribution >= 4 is 35.0 Å². The zero-order valence-corrected chi connectivity index (χ0v) is 19.3. The van der Waals surface area contributed by atoms with Gasteiger partial charge in [-0.1, -0.05) is 13.0 Å². The van der Waals surface area contributed by atoms with Crippen LogP contribution in [0.1, 0.15) is 45.2 Å². The maximum atomic E-state index is 12.7. The molecule has 1 aliphatic heterocycles. The van der Waals surface area contributed by atoms with E-state index in [9.17, 15) is 14.4 Å². The lowest BCUT2D eigenvalue weighted by Crippen LogP contribution is -2.35. The second-order valence-electron chi connectivity index (χ2n) is 6.84. The highest BCUT2D eigenvalue weighted by molar-refractivity contribution is 8.18. The van der Waals surface area contributed by atoms with E-state index >= 15 is 0 Å². The Bertz CT molecular complexity index is 879. The van der Waals surface area contributed by atoms with E-state index in [2.05, 4.69) is 6.58 Å². The Hall–Kier alpha value is -2.74. The van der Waals surface area contributed by atoms with Crippen molar-refractivity contribution < 1.29 is 28.6 Å². The van der Waals surface area contributed by atoms with Gasteiger partial charge in [-0.15, -0.1) is 6.58 Å². The number of thioether (sulfide) groups is 1. The molecule has 0 spiro atoms. The zero-order chi connectivity index (χ0) is 23.0.